The molecule has 1 aromatic carbocycles. The smallest absolute Gasteiger partial charge is 0.141 e. The summed E-state index contributed by atoms with van der Waals surface area (Å²) in [5.41, 5.74) is 7.96. The van der Waals surface area contributed by atoms with Crippen LogP contribution in [0, 0.1) is 0 Å². The Morgan fingerprint density at radius 3 is 2.29 bits per heavy atom. The highest BCUT2D eigenvalue weighted by Gasteiger charge is 2.22. The van der Waals surface area contributed by atoms with Crippen molar-refractivity contribution in [2.45, 2.75) is 32.6 Å². The number of ether oxygens (including phenoxy) is 1. The Morgan fingerprint density at radius 2 is 1.76 bits per heavy atom. The maximum atomic E-state index is 6.00. The first-order valence-corrected chi connectivity index (χ1v) is 7.56. The number of nitrogens with zero attached hydrogens (tertiary/aromatic N) is 2. The first-order valence-electron chi connectivity index (χ1n) is 6.76. The summed E-state index contributed by atoms with van der Waals surface area (Å²) in [4.78, 5) is 9.05. The van der Waals surface area contributed by atoms with Crippen LogP contribution in [0.25, 0.3) is 0 Å². The molecule has 0 aliphatic carbocycles. The predicted octanol–water partition coefficient (Wildman–Crippen LogP) is 3.72. The van der Waals surface area contributed by atoms with Crippen LogP contribution in [-0.2, 0) is 11.8 Å². The van der Waals surface area contributed by atoms with Crippen molar-refractivity contribution >= 4 is 21.7 Å². The van der Waals surface area contributed by atoms with Gasteiger partial charge in [0, 0.05) is 11.8 Å². The van der Waals surface area contributed by atoms with E-state index in [1.165, 1.54) is 0 Å². The molecule has 0 radical (unpaired) electrons. The molecule has 0 aliphatic rings. The number of nitrogen functional groups attached to an aromatic ring is 1. The number of hydrogen-bond donors (Lipinski definition) is 1. The molecule has 5 heteroatoms. The van der Waals surface area contributed by atoms with Crippen LogP contribution in [0.3, 0.4) is 0 Å². The van der Waals surface area contributed by atoms with Gasteiger partial charge in [-0.3, -0.25) is 0 Å². The van der Waals surface area contributed by atoms with E-state index in [1.807, 2.05) is 24.3 Å². The van der Waals surface area contributed by atoms with Gasteiger partial charge in [0.25, 0.3) is 0 Å². The van der Waals surface area contributed by atoms with Gasteiger partial charge in [-0.25, -0.2) is 9.97 Å². The maximum absolute atomic E-state index is 6.00. The number of aromatic nitrogens is 2. The number of benzene rings is 1. The average Bonchev–Trinajstić information content (AvgIpc) is 2.42. The molecule has 4 nitrogen and oxygen atoms in total. The van der Waals surface area contributed by atoms with Gasteiger partial charge < -0.3 is 10.5 Å². The minimum Gasteiger partial charge on any atom is -0.497 e. The Bertz CT molecular complexity index is 633. The van der Waals surface area contributed by atoms with E-state index in [0.717, 1.165) is 27.3 Å². The van der Waals surface area contributed by atoms with Crippen LogP contribution in [0.4, 0.5) is 5.82 Å². The fourth-order valence-corrected chi connectivity index (χ4v) is 2.79. The van der Waals surface area contributed by atoms with Crippen molar-refractivity contribution in [3.8, 4) is 5.75 Å². The predicted molar refractivity (Wildman–Crippen MR) is 88.6 cm³/mol. The third-order valence-corrected chi connectivity index (χ3v) is 3.94. The average molecular weight is 350 g/mol. The third-order valence-electron chi connectivity index (χ3n) is 3.15. The van der Waals surface area contributed by atoms with E-state index in [1.54, 1.807) is 7.11 Å². The molecule has 0 aliphatic heterocycles. The Balaban J connectivity index is 2.33. The van der Waals surface area contributed by atoms with Gasteiger partial charge in [-0.2, -0.15) is 0 Å². The van der Waals surface area contributed by atoms with E-state index in [4.69, 9.17) is 10.5 Å². The van der Waals surface area contributed by atoms with Gasteiger partial charge in [-0.15, -0.1) is 0 Å². The van der Waals surface area contributed by atoms with E-state index in [9.17, 15) is 0 Å². The molecular weight excluding hydrogens is 330 g/mol. The van der Waals surface area contributed by atoms with Gasteiger partial charge in [0.05, 0.1) is 17.3 Å². The summed E-state index contributed by atoms with van der Waals surface area (Å²) in [5.74, 6) is 2.05. The lowest BCUT2D eigenvalue weighted by Gasteiger charge is -2.20. The van der Waals surface area contributed by atoms with E-state index in [2.05, 4.69) is 46.7 Å². The molecule has 0 saturated carbocycles. The molecule has 0 amide bonds. The summed E-state index contributed by atoms with van der Waals surface area (Å²) >= 11 is 3.49. The zero-order chi connectivity index (χ0) is 15.6. The molecule has 112 valence electrons. The molecule has 2 N–H and O–H groups in total. The summed E-state index contributed by atoms with van der Waals surface area (Å²) in [6, 6.07) is 7.89. The number of anilines is 1. The molecule has 2 rings (SSSR count). The Morgan fingerprint density at radius 1 is 1.14 bits per heavy atom. The van der Waals surface area contributed by atoms with Gasteiger partial charge in [0.1, 0.15) is 17.4 Å². The molecule has 1 heterocycles. The largest absolute Gasteiger partial charge is 0.497 e. The lowest BCUT2D eigenvalue weighted by atomic mass is 9.92. The van der Waals surface area contributed by atoms with Crippen molar-refractivity contribution in [2.24, 2.45) is 0 Å². The monoisotopic (exact) mass is 349 g/mol. The number of halogens is 1. The van der Waals surface area contributed by atoms with Crippen molar-refractivity contribution in [3.63, 3.8) is 0 Å². The lowest BCUT2D eigenvalue weighted by molar-refractivity contribution is 0.414. The van der Waals surface area contributed by atoms with Gasteiger partial charge in [-0.1, -0.05) is 32.9 Å². The SMILES string of the molecule is COc1ccc(Cc2nc(N)c(Br)c(C(C)(C)C)n2)cc1. The van der Waals surface area contributed by atoms with E-state index in [-0.39, 0.29) is 5.41 Å². The van der Waals surface area contributed by atoms with Crippen LogP contribution in [0.2, 0.25) is 0 Å². The van der Waals surface area contributed by atoms with Crippen molar-refractivity contribution in [1.29, 1.82) is 0 Å². The topological polar surface area (TPSA) is 61.0 Å². The van der Waals surface area contributed by atoms with Crippen LogP contribution in [0.5, 0.6) is 5.75 Å². The number of hydrogen-bond acceptors (Lipinski definition) is 4. The second kappa shape index (κ2) is 6.02. The summed E-state index contributed by atoms with van der Waals surface area (Å²) in [6.07, 6.45) is 0.643. The molecule has 2 aromatic rings. The van der Waals surface area contributed by atoms with Gasteiger partial charge in [-0.05, 0) is 33.6 Å². The zero-order valence-electron chi connectivity index (χ0n) is 12.8. The first kappa shape index (κ1) is 15.8. The Kier molecular flexibility index (Phi) is 4.52. The van der Waals surface area contributed by atoms with Crippen molar-refractivity contribution < 1.29 is 4.74 Å². The summed E-state index contributed by atoms with van der Waals surface area (Å²) < 4.78 is 5.95. The summed E-state index contributed by atoms with van der Waals surface area (Å²) in [5, 5.41) is 0. The second-order valence-electron chi connectivity index (χ2n) is 5.96. The molecule has 21 heavy (non-hydrogen) atoms. The molecule has 0 saturated heterocycles. The summed E-state index contributed by atoms with van der Waals surface area (Å²) in [7, 11) is 1.66. The van der Waals surface area contributed by atoms with Gasteiger partial charge >= 0.3 is 0 Å². The van der Waals surface area contributed by atoms with E-state index >= 15 is 0 Å². The highest BCUT2D eigenvalue weighted by Crippen LogP contribution is 2.31. The molecule has 0 atom stereocenters. The third kappa shape index (κ3) is 3.73. The van der Waals surface area contributed by atoms with Crippen LogP contribution in [0.1, 0.15) is 37.9 Å². The normalized spacial score (nSPS) is 11.5. The zero-order valence-corrected chi connectivity index (χ0v) is 14.4. The van der Waals surface area contributed by atoms with Crippen molar-refractivity contribution in [2.75, 3.05) is 12.8 Å². The van der Waals surface area contributed by atoms with Crippen LogP contribution in [-0.4, -0.2) is 17.1 Å². The van der Waals surface area contributed by atoms with E-state index < -0.39 is 0 Å². The summed E-state index contributed by atoms with van der Waals surface area (Å²) in [6.45, 7) is 6.32. The maximum Gasteiger partial charge on any atom is 0.141 e. The molecule has 0 spiro atoms. The van der Waals surface area contributed by atoms with E-state index in [0.29, 0.717) is 12.2 Å². The van der Waals surface area contributed by atoms with Crippen molar-refractivity contribution in [1.82, 2.24) is 9.97 Å². The second-order valence-corrected chi connectivity index (χ2v) is 6.76. The van der Waals surface area contributed by atoms with Crippen LogP contribution < -0.4 is 10.5 Å². The first-order chi connectivity index (χ1) is 9.81. The van der Waals surface area contributed by atoms with Crippen molar-refractivity contribution in [3.05, 3.63) is 45.8 Å². The highest BCUT2D eigenvalue weighted by atomic mass is 79.9. The van der Waals surface area contributed by atoms with Gasteiger partial charge in [0.2, 0.25) is 0 Å². The number of methoxy groups -OCH3 is 1. The highest BCUT2D eigenvalue weighted by molar-refractivity contribution is 9.10. The molecule has 0 fully saturated rings. The Labute approximate surface area is 133 Å². The van der Waals surface area contributed by atoms with Crippen LogP contribution in [0.15, 0.2) is 28.7 Å². The lowest BCUT2D eigenvalue weighted by Crippen LogP contribution is -2.18. The quantitative estimate of drug-likeness (QED) is 0.917. The van der Waals surface area contributed by atoms with Gasteiger partial charge in [0.15, 0.2) is 0 Å². The number of nitrogens with two attached hydrogens (primary N) is 1. The molecule has 0 unspecified atom stereocenters. The fraction of sp³-hybridized carbons (Fsp3) is 0.375. The Hall–Kier alpha value is -1.62. The standard InChI is InChI=1S/C16H20BrN3O/c1-16(2,3)14-13(17)15(18)20-12(19-14)9-10-5-7-11(21-4)8-6-10/h5-8H,9H2,1-4H3,(H2,18,19,20). The minimum absolute atomic E-state index is 0.0927. The molecular formula is C16H20BrN3O. The van der Waals surface area contributed by atoms with Crippen LogP contribution >= 0.6 is 15.9 Å². The molecule has 1 aromatic heterocycles. The molecule has 0 bridgehead atoms. The number of rotatable bonds is 3. The fourth-order valence-electron chi connectivity index (χ4n) is 2.01. The minimum atomic E-state index is -0.0927.